The van der Waals surface area contributed by atoms with Gasteiger partial charge in [0, 0.05) is 48.0 Å². The molecular formula is C30H37N5. The van der Waals surface area contributed by atoms with Crippen molar-refractivity contribution in [3.63, 3.8) is 0 Å². The zero-order valence-electron chi connectivity index (χ0n) is 21.7. The summed E-state index contributed by atoms with van der Waals surface area (Å²) in [5, 5.41) is 3.49. The summed E-state index contributed by atoms with van der Waals surface area (Å²) in [6, 6.07) is 13.1. The quantitative estimate of drug-likeness (QED) is 0.264. The van der Waals surface area contributed by atoms with Gasteiger partial charge in [0.1, 0.15) is 0 Å². The molecule has 0 atom stereocenters. The van der Waals surface area contributed by atoms with Crippen molar-refractivity contribution in [3.8, 4) is 11.3 Å². The van der Waals surface area contributed by atoms with Gasteiger partial charge in [-0.2, -0.15) is 0 Å². The van der Waals surface area contributed by atoms with Crippen molar-refractivity contribution in [3.05, 3.63) is 83.8 Å². The van der Waals surface area contributed by atoms with E-state index in [0.717, 1.165) is 66.5 Å². The Hall–Kier alpha value is -3.60. The molecule has 5 heteroatoms. The van der Waals surface area contributed by atoms with Crippen LogP contribution in [0.25, 0.3) is 22.6 Å². The summed E-state index contributed by atoms with van der Waals surface area (Å²) in [5.74, 6) is 0.741. The van der Waals surface area contributed by atoms with Gasteiger partial charge >= 0.3 is 0 Å². The fraction of sp³-hybridized carbons (Fsp3) is 0.333. The van der Waals surface area contributed by atoms with Crippen molar-refractivity contribution in [2.45, 2.75) is 53.9 Å². The summed E-state index contributed by atoms with van der Waals surface area (Å²) >= 11 is 0. The number of nitrogens with one attached hydrogen (secondary N) is 1. The van der Waals surface area contributed by atoms with Crippen LogP contribution < -0.4 is 5.32 Å². The van der Waals surface area contributed by atoms with Crippen molar-refractivity contribution in [1.82, 2.24) is 19.3 Å². The number of benzene rings is 2. The van der Waals surface area contributed by atoms with Crippen LogP contribution in [0, 0.1) is 13.8 Å². The zero-order valence-corrected chi connectivity index (χ0v) is 21.7. The Morgan fingerprint density at radius 3 is 2.40 bits per heavy atom. The average Bonchev–Trinajstić information content (AvgIpc) is 3.29. The standard InChI is InChI=1S/C30H37N5/c1-7-15-34(16-8-2)23(6)27-13-12-26(19-22(27)5)33-29-30-32-20-28(35(30)17-14-31-29)25-11-10-24(9-3)21(4)18-25/h10-14,17-20H,6-9,15-16H2,1-5H3,(H,31,33). The van der Waals surface area contributed by atoms with Gasteiger partial charge < -0.3 is 10.2 Å². The number of nitrogens with zero attached hydrogens (tertiary/aromatic N) is 4. The Morgan fingerprint density at radius 1 is 0.971 bits per heavy atom. The Morgan fingerprint density at radius 2 is 1.74 bits per heavy atom. The van der Waals surface area contributed by atoms with Gasteiger partial charge in [0.2, 0.25) is 0 Å². The van der Waals surface area contributed by atoms with Crippen molar-refractivity contribution < 1.29 is 0 Å². The van der Waals surface area contributed by atoms with Gasteiger partial charge in [-0.15, -0.1) is 0 Å². The fourth-order valence-corrected chi connectivity index (χ4v) is 4.77. The molecule has 1 N–H and O–H groups in total. The second-order valence-electron chi connectivity index (χ2n) is 9.20. The molecule has 0 unspecified atom stereocenters. The Kier molecular flexibility index (Phi) is 7.54. The van der Waals surface area contributed by atoms with Gasteiger partial charge in [0.05, 0.1) is 11.9 Å². The number of aryl methyl sites for hydroxylation is 3. The first kappa shape index (κ1) is 24.5. The summed E-state index contributed by atoms with van der Waals surface area (Å²) in [6.07, 6.45) is 8.99. The van der Waals surface area contributed by atoms with Crippen molar-refractivity contribution >= 4 is 22.8 Å². The third kappa shape index (κ3) is 5.09. The highest BCUT2D eigenvalue weighted by atomic mass is 15.1. The second-order valence-corrected chi connectivity index (χ2v) is 9.20. The minimum Gasteiger partial charge on any atom is -0.372 e. The topological polar surface area (TPSA) is 45.5 Å². The van der Waals surface area contributed by atoms with Crippen molar-refractivity contribution in [1.29, 1.82) is 0 Å². The molecule has 0 aliphatic carbocycles. The predicted molar refractivity (Wildman–Crippen MR) is 148 cm³/mol. The molecule has 0 fully saturated rings. The van der Waals surface area contributed by atoms with Crippen LogP contribution in [-0.4, -0.2) is 32.4 Å². The largest absolute Gasteiger partial charge is 0.372 e. The molecule has 2 aromatic carbocycles. The highest BCUT2D eigenvalue weighted by molar-refractivity contribution is 5.76. The number of fused-ring (bicyclic) bond motifs is 1. The third-order valence-corrected chi connectivity index (χ3v) is 6.62. The minimum atomic E-state index is 0.741. The summed E-state index contributed by atoms with van der Waals surface area (Å²) in [6.45, 7) is 17.4. The highest BCUT2D eigenvalue weighted by Gasteiger charge is 2.14. The molecule has 0 amide bonds. The molecule has 0 saturated heterocycles. The first-order valence-corrected chi connectivity index (χ1v) is 12.7. The van der Waals surface area contributed by atoms with Crippen LogP contribution in [0.1, 0.15) is 55.9 Å². The van der Waals surface area contributed by atoms with E-state index in [1.807, 2.05) is 18.6 Å². The molecule has 0 bridgehead atoms. The molecular weight excluding hydrogens is 430 g/mol. The lowest BCUT2D eigenvalue weighted by atomic mass is 10.0. The van der Waals surface area contributed by atoms with E-state index in [4.69, 9.17) is 4.98 Å². The van der Waals surface area contributed by atoms with E-state index in [-0.39, 0.29) is 0 Å². The average molecular weight is 468 g/mol. The first-order valence-electron chi connectivity index (χ1n) is 12.7. The number of hydrogen-bond acceptors (Lipinski definition) is 4. The number of anilines is 2. The Labute approximate surface area is 209 Å². The van der Waals surface area contributed by atoms with E-state index < -0.39 is 0 Å². The van der Waals surface area contributed by atoms with Crippen LogP contribution in [0.4, 0.5) is 11.5 Å². The Balaban J connectivity index is 1.61. The van der Waals surface area contributed by atoms with Crippen LogP contribution in [-0.2, 0) is 6.42 Å². The van der Waals surface area contributed by atoms with E-state index >= 15 is 0 Å². The maximum absolute atomic E-state index is 4.71. The molecule has 2 heterocycles. The SMILES string of the molecule is C=C(c1ccc(Nc2nccn3c(-c4ccc(CC)c(C)c4)cnc23)cc1C)N(CCC)CCC. The molecule has 5 nitrogen and oxygen atoms in total. The van der Waals surface area contributed by atoms with Gasteiger partial charge in [-0.25, -0.2) is 9.97 Å². The maximum atomic E-state index is 4.71. The van der Waals surface area contributed by atoms with Crippen molar-refractivity contribution in [2.24, 2.45) is 0 Å². The molecule has 0 aliphatic rings. The lowest BCUT2D eigenvalue weighted by molar-refractivity contribution is 0.396. The summed E-state index contributed by atoms with van der Waals surface area (Å²) < 4.78 is 2.10. The van der Waals surface area contributed by atoms with Crippen LogP contribution in [0.15, 0.2) is 61.6 Å². The summed E-state index contributed by atoms with van der Waals surface area (Å²) in [5.41, 5.74) is 10.2. The van der Waals surface area contributed by atoms with E-state index in [2.05, 4.69) is 97.2 Å². The smallest absolute Gasteiger partial charge is 0.180 e. The van der Waals surface area contributed by atoms with Crippen LogP contribution in [0.2, 0.25) is 0 Å². The molecule has 182 valence electrons. The minimum absolute atomic E-state index is 0.741. The summed E-state index contributed by atoms with van der Waals surface area (Å²) in [7, 11) is 0. The van der Waals surface area contributed by atoms with Crippen molar-refractivity contribution in [2.75, 3.05) is 18.4 Å². The summed E-state index contributed by atoms with van der Waals surface area (Å²) in [4.78, 5) is 11.7. The predicted octanol–water partition coefficient (Wildman–Crippen LogP) is 7.41. The third-order valence-electron chi connectivity index (χ3n) is 6.62. The molecule has 2 aromatic heterocycles. The normalized spacial score (nSPS) is 11.1. The number of imidazole rings is 1. The van der Waals surface area contributed by atoms with Gasteiger partial charge in [-0.05, 0) is 68.0 Å². The van der Waals surface area contributed by atoms with E-state index in [0.29, 0.717) is 0 Å². The maximum Gasteiger partial charge on any atom is 0.180 e. The van der Waals surface area contributed by atoms with Crippen LogP contribution in [0.3, 0.4) is 0 Å². The van der Waals surface area contributed by atoms with E-state index in [1.165, 1.54) is 22.3 Å². The first-order chi connectivity index (χ1) is 17.0. The van der Waals surface area contributed by atoms with Gasteiger partial charge in [-0.1, -0.05) is 45.5 Å². The number of rotatable bonds is 10. The van der Waals surface area contributed by atoms with Crippen LogP contribution >= 0.6 is 0 Å². The molecule has 4 rings (SSSR count). The van der Waals surface area contributed by atoms with E-state index in [1.54, 1.807) is 0 Å². The molecule has 0 spiro atoms. The highest BCUT2D eigenvalue weighted by Crippen LogP contribution is 2.29. The fourth-order valence-electron chi connectivity index (χ4n) is 4.77. The molecule has 35 heavy (non-hydrogen) atoms. The van der Waals surface area contributed by atoms with Gasteiger partial charge in [0.25, 0.3) is 0 Å². The monoisotopic (exact) mass is 467 g/mol. The zero-order chi connectivity index (χ0) is 24.9. The number of aromatic nitrogens is 3. The molecule has 4 aromatic rings. The number of hydrogen-bond donors (Lipinski definition) is 1. The molecule has 0 aliphatic heterocycles. The van der Waals surface area contributed by atoms with Gasteiger partial charge in [0.15, 0.2) is 11.5 Å². The van der Waals surface area contributed by atoms with E-state index in [9.17, 15) is 0 Å². The molecule has 0 radical (unpaired) electrons. The second kappa shape index (κ2) is 10.8. The Bertz CT molecular complexity index is 1330. The van der Waals surface area contributed by atoms with Gasteiger partial charge in [-0.3, -0.25) is 4.40 Å². The molecule has 0 saturated carbocycles. The van der Waals surface area contributed by atoms with Crippen LogP contribution in [0.5, 0.6) is 0 Å². The lowest BCUT2D eigenvalue weighted by Gasteiger charge is -2.27. The lowest BCUT2D eigenvalue weighted by Crippen LogP contribution is -2.23.